The van der Waals surface area contributed by atoms with E-state index < -0.39 is 0 Å². The van der Waals surface area contributed by atoms with Gasteiger partial charge in [-0.1, -0.05) is 38.3 Å². The zero-order chi connectivity index (χ0) is 11.4. The molecule has 0 bridgehead atoms. The van der Waals surface area contributed by atoms with Gasteiger partial charge in [0, 0.05) is 31.0 Å². The zero-order valence-electron chi connectivity index (χ0n) is 10.4. The number of nitrogens with one attached hydrogen (secondary N) is 1. The lowest BCUT2D eigenvalue weighted by Gasteiger charge is -2.14. The highest BCUT2D eigenvalue weighted by Gasteiger charge is 2.22. The molecule has 0 aromatic carbocycles. The minimum Gasteiger partial charge on any atom is -0.361 e. The molecule has 3 heteroatoms. The van der Waals surface area contributed by atoms with E-state index >= 15 is 0 Å². The molecule has 1 aromatic rings. The Labute approximate surface area is 97.6 Å². The van der Waals surface area contributed by atoms with Gasteiger partial charge in [-0.3, -0.25) is 0 Å². The van der Waals surface area contributed by atoms with E-state index in [4.69, 9.17) is 4.52 Å². The fourth-order valence-electron chi connectivity index (χ4n) is 2.38. The maximum atomic E-state index is 5.52. The summed E-state index contributed by atoms with van der Waals surface area (Å²) in [5, 5.41) is 7.58. The van der Waals surface area contributed by atoms with E-state index in [9.17, 15) is 0 Å². The van der Waals surface area contributed by atoms with Gasteiger partial charge >= 0.3 is 0 Å². The molecular formula is C13H22N2O. The lowest BCUT2D eigenvalue weighted by molar-refractivity contribution is 0.352. The minimum absolute atomic E-state index is 0.516. The number of unbranched alkanes of at least 4 members (excludes halogenated alkanes) is 2. The third kappa shape index (κ3) is 2.46. The van der Waals surface area contributed by atoms with E-state index in [1.165, 1.54) is 36.9 Å². The van der Waals surface area contributed by atoms with E-state index in [1.54, 1.807) is 0 Å². The molecule has 1 aromatic heterocycles. The first kappa shape index (κ1) is 11.6. The number of fused-ring (bicyclic) bond motifs is 1. The Morgan fingerprint density at radius 1 is 1.44 bits per heavy atom. The average molecular weight is 222 g/mol. The first-order chi connectivity index (χ1) is 7.83. The van der Waals surface area contributed by atoms with Crippen molar-refractivity contribution in [2.75, 3.05) is 6.54 Å². The lowest BCUT2D eigenvalue weighted by Crippen LogP contribution is -2.23. The largest absolute Gasteiger partial charge is 0.361 e. The van der Waals surface area contributed by atoms with E-state index in [1.807, 2.05) is 0 Å². The Morgan fingerprint density at radius 2 is 2.31 bits per heavy atom. The Balaban J connectivity index is 1.99. The first-order valence-corrected chi connectivity index (χ1v) is 6.51. The van der Waals surface area contributed by atoms with E-state index in [-0.39, 0.29) is 0 Å². The van der Waals surface area contributed by atoms with Crippen LogP contribution in [0.25, 0.3) is 0 Å². The number of hydrogen-bond acceptors (Lipinski definition) is 3. The van der Waals surface area contributed by atoms with Crippen LogP contribution in [0.4, 0.5) is 0 Å². The monoisotopic (exact) mass is 222 g/mol. The molecular weight excluding hydrogens is 200 g/mol. The highest BCUT2D eigenvalue weighted by Crippen LogP contribution is 2.28. The average Bonchev–Trinajstić information content (AvgIpc) is 2.73. The highest BCUT2D eigenvalue weighted by molar-refractivity contribution is 5.27. The van der Waals surface area contributed by atoms with Crippen molar-refractivity contribution in [1.29, 1.82) is 0 Å². The number of aromatic nitrogens is 1. The topological polar surface area (TPSA) is 38.1 Å². The maximum absolute atomic E-state index is 5.52. The third-order valence-corrected chi connectivity index (χ3v) is 3.43. The summed E-state index contributed by atoms with van der Waals surface area (Å²) in [6.07, 6.45) is 6.12. The second-order valence-electron chi connectivity index (χ2n) is 4.80. The Morgan fingerprint density at radius 3 is 3.12 bits per heavy atom. The molecule has 0 radical (unpaired) electrons. The van der Waals surface area contributed by atoms with Gasteiger partial charge in [0.05, 0.1) is 5.69 Å². The molecule has 2 rings (SSSR count). The van der Waals surface area contributed by atoms with E-state index in [0.29, 0.717) is 5.92 Å². The van der Waals surface area contributed by atoms with E-state index in [2.05, 4.69) is 24.3 Å². The zero-order valence-corrected chi connectivity index (χ0v) is 10.4. The fraction of sp³-hybridized carbons (Fsp3) is 0.769. The van der Waals surface area contributed by atoms with E-state index in [0.717, 1.165) is 25.3 Å². The molecule has 1 unspecified atom stereocenters. The minimum atomic E-state index is 0.516. The smallest absolute Gasteiger partial charge is 0.144 e. The second-order valence-corrected chi connectivity index (χ2v) is 4.80. The Bertz CT molecular complexity index is 333. The maximum Gasteiger partial charge on any atom is 0.144 e. The molecule has 0 fully saturated rings. The summed E-state index contributed by atoms with van der Waals surface area (Å²) < 4.78 is 5.52. The molecule has 0 saturated heterocycles. The summed E-state index contributed by atoms with van der Waals surface area (Å²) in [5.74, 6) is 1.64. The summed E-state index contributed by atoms with van der Waals surface area (Å²) >= 11 is 0. The van der Waals surface area contributed by atoms with Crippen molar-refractivity contribution < 1.29 is 4.52 Å². The van der Waals surface area contributed by atoms with Crippen molar-refractivity contribution in [3.63, 3.8) is 0 Å². The number of rotatable bonds is 5. The summed E-state index contributed by atoms with van der Waals surface area (Å²) in [4.78, 5) is 0. The molecule has 0 saturated carbocycles. The van der Waals surface area contributed by atoms with Gasteiger partial charge in [0.2, 0.25) is 0 Å². The molecule has 3 nitrogen and oxygen atoms in total. The predicted molar refractivity (Wildman–Crippen MR) is 64.5 cm³/mol. The van der Waals surface area contributed by atoms with Gasteiger partial charge in [-0.2, -0.15) is 0 Å². The van der Waals surface area contributed by atoms with Gasteiger partial charge in [-0.05, 0) is 6.42 Å². The van der Waals surface area contributed by atoms with Crippen molar-refractivity contribution in [3.8, 4) is 0 Å². The predicted octanol–water partition coefficient (Wildman–Crippen LogP) is 3.00. The van der Waals surface area contributed by atoms with Crippen LogP contribution in [0.1, 0.15) is 62.5 Å². The highest BCUT2D eigenvalue weighted by atomic mass is 16.5. The van der Waals surface area contributed by atoms with Gasteiger partial charge in [0.15, 0.2) is 0 Å². The molecule has 0 aliphatic carbocycles. The van der Waals surface area contributed by atoms with Gasteiger partial charge in [-0.25, -0.2) is 0 Å². The van der Waals surface area contributed by atoms with Gasteiger partial charge < -0.3 is 9.84 Å². The van der Waals surface area contributed by atoms with Crippen molar-refractivity contribution in [2.24, 2.45) is 0 Å². The molecule has 16 heavy (non-hydrogen) atoms. The third-order valence-electron chi connectivity index (χ3n) is 3.43. The van der Waals surface area contributed by atoms with Crippen LogP contribution in [0, 0.1) is 0 Å². The van der Waals surface area contributed by atoms with Crippen LogP contribution in [-0.2, 0) is 13.0 Å². The molecule has 0 amide bonds. The summed E-state index contributed by atoms with van der Waals surface area (Å²) in [6.45, 7) is 6.46. The van der Waals surface area contributed by atoms with Crippen molar-refractivity contribution in [3.05, 3.63) is 17.0 Å². The van der Waals surface area contributed by atoms with Gasteiger partial charge in [-0.15, -0.1) is 0 Å². The molecule has 1 atom stereocenters. The molecule has 90 valence electrons. The van der Waals surface area contributed by atoms with Crippen LogP contribution in [0.15, 0.2) is 4.52 Å². The number of nitrogens with zero attached hydrogens (tertiary/aromatic N) is 1. The first-order valence-electron chi connectivity index (χ1n) is 6.51. The van der Waals surface area contributed by atoms with Crippen LogP contribution in [0.5, 0.6) is 0 Å². The fourth-order valence-corrected chi connectivity index (χ4v) is 2.38. The summed E-state index contributed by atoms with van der Waals surface area (Å²) in [7, 11) is 0. The van der Waals surface area contributed by atoms with Crippen LogP contribution < -0.4 is 5.32 Å². The number of hydrogen-bond donors (Lipinski definition) is 1. The quantitative estimate of drug-likeness (QED) is 0.778. The second kappa shape index (κ2) is 5.48. The molecule has 1 aliphatic rings. The van der Waals surface area contributed by atoms with Crippen LogP contribution in [-0.4, -0.2) is 11.7 Å². The van der Waals surface area contributed by atoms with Gasteiger partial charge in [0.25, 0.3) is 0 Å². The molecule has 1 aliphatic heterocycles. The van der Waals surface area contributed by atoms with Crippen LogP contribution in [0.2, 0.25) is 0 Å². The lowest BCUT2D eigenvalue weighted by atomic mass is 9.95. The normalized spacial score (nSPS) is 17.1. The van der Waals surface area contributed by atoms with Crippen molar-refractivity contribution >= 4 is 0 Å². The van der Waals surface area contributed by atoms with Gasteiger partial charge in [0.1, 0.15) is 5.76 Å². The van der Waals surface area contributed by atoms with Crippen LogP contribution >= 0.6 is 0 Å². The van der Waals surface area contributed by atoms with Crippen molar-refractivity contribution in [1.82, 2.24) is 10.5 Å². The van der Waals surface area contributed by atoms with Crippen molar-refractivity contribution in [2.45, 2.75) is 58.4 Å². The standard InChI is InChI=1S/C13H22N2O/c1-3-4-5-6-10(2)13-11-9-14-8-7-12(11)15-16-13/h10,14H,3-9H2,1-2H3. The molecule has 2 heterocycles. The summed E-state index contributed by atoms with van der Waals surface area (Å²) in [5.41, 5.74) is 2.51. The molecule has 1 N–H and O–H groups in total. The SMILES string of the molecule is CCCCCC(C)c1onc2c1CNCC2. The summed E-state index contributed by atoms with van der Waals surface area (Å²) in [6, 6.07) is 0. The van der Waals surface area contributed by atoms with Crippen LogP contribution in [0.3, 0.4) is 0 Å². The Hall–Kier alpha value is -0.830. The Kier molecular flexibility index (Phi) is 3.99. The molecule has 0 spiro atoms.